The maximum atomic E-state index is 9.06. The molecule has 0 aliphatic carbocycles. The first-order chi connectivity index (χ1) is 6.72. The van der Waals surface area contributed by atoms with Crippen LogP contribution in [0.15, 0.2) is 28.9 Å². The third-order valence-corrected chi connectivity index (χ3v) is 2.61. The molecule has 1 heterocycles. The highest BCUT2D eigenvalue weighted by molar-refractivity contribution is 6.31. The normalized spacial score (nSPS) is 13.4. The van der Waals surface area contributed by atoms with Crippen molar-refractivity contribution >= 4 is 22.6 Å². The molecule has 0 bridgehead atoms. The number of rotatable bonds is 2. The van der Waals surface area contributed by atoms with Crippen molar-refractivity contribution in [1.29, 1.82) is 0 Å². The number of hydrogen-bond acceptors (Lipinski definition) is 2. The lowest BCUT2D eigenvalue weighted by atomic mass is 10.0. The molecular weight excluding hydrogens is 200 g/mol. The van der Waals surface area contributed by atoms with E-state index in [1.54, 1.807) is 12.3 Å². The van der Waals surface area contributed by atoms with Gasteiger partial charge >= 0.3 is 0 Å². The second kappa shape index (κ2) is 3.64. The molecule has 1 N–H and O–H groups in total. The van der Waals surface area contributed by atoms with Crippen LogP contribution in [0.4, 0.5) is 0 Å². The number of furan rings is 1. The predicted molar refractivity (Wildman–Crippen MR) is 56.7 cm³/mol. The molecule has 0 aliphatic heterocycles. The first-order valence-corrected chi connectivity index (χ1v) is 4.87. The number of benzene rings is 1. The molecule has 1 unspecified atom stereocenters. The molecule has 0 spiro atoms. The highest BCUT2D eigenvalue weighted by Crippen LogP contribution is 2.29. The molecule has 14 heavy (non-hydrogen) atoms. The van der Waals surface area contributed by atoms with E-state index in [1.165, 1.54) is 0 Å². The van der Waals surface area contributed by atoms with E-state index in [4.69, 9.17) is 21.1 Å². The topological polar surface area (TPSA) is 33.4 Å². The number of aliphatic hydroxyl groups excluding tert-OH is 1. The van der Waals surface area contributed by atoms with Gasteiger partial charge in [-0.2, -0.15) is 0 Å². The van der Waals surface area contributed by atoms with Crippen molar-refractivity contribution in [3.8, 4) is 0 Å². The van der Waals surface area contributed by atoms with Crippen LogP contribution in [0.25, 0.3) is 11.0 Å². The third kappa shape index (κ3) is 1.51. The molecule has 1 atom stereocenters. The fourth-order valence-corrected chi connectivity index (χ4v) is 1.67. The van der Waals surface area contributed by atoms with E-state index < -0.39 is 0 Å². The molecule has 1 aromatic carbocycles. The molecule has 0 fully saturated rings. The van der Waals surface area contributed by atoms with Gasteiger partial charge in [0, 0.05) is 28.5 Å². The van der Waals surface area contributed by atoms with Crippen LogP contribution in [0, 0.1) is 0 Å². The van der Waals surface area contributed by atoms with Gasteiger partial charge in [0.2, 0.25) is 0 Å². The summed E-state index contributed by atoms with van der Waals surface area (Å²) in [6.45, 7) is 2.06. The maximum absolute atomic E-state index is 9.06. The smallest absolute Gasteiger partial charge is 0.134 e. The lowest BCUT2D eigenvalue weighted by Gasteiger charge is -2.04. The van der Waals surface area contributed by atoms with Crippen molar-refractivity contribution in [2.75, 3.05) is 6.61 Å². The van der Waals surface area contributed by atoms with Gasteiger partial charge in [0.25, 0.3) is 0 Å². The Labute approximate surface area is 87.1 Å². The Balaban J connectivity index is 2.61. The predicted octanol–water partition coefficient (Wildman–Crippen LogP) is 3.18. The number of hydrogen-bond donors (Lipinski definition) is 1. The molecule has 2 nitrogen and oxygen atoms in total. The molecule has 0 saturated carbocycles. The lowest BCUT2D eigenvalue weighted by molar-refractivity contribution is 0.273. The van der Waals surface area contributed by atoms with Crippen LogP contribution in [-0.4, -0.2) is 11.7 Å². The standard InChI is InChI=1S/C11H11ClO2/c1-7(5-13)10-6-14-11-3-2-8(12)4-9(10)11/h2-4,6-7,13H,5H2,1H3. The highest BCUT2D eigenvalue weighted by atomic mass is 35.5. The van der Waals surface area contributed by atoms with Crippen LogP contribution in [0.5, 0.6) is 0 Å². The number of aliphatic hydroxyl groups is 1. The molecular formula is C11H11ClO2. The van der Waals surface area contributed by atoms with Crippen molar-refractivity contribution in [2.45, 2.75) is 12.8 Å². The van der Waals surface area contributed by atoms with Gasteiger partial charge in [-0.1, -0.05) is 18.5 Å². The van der Waals surface area contributed by atoms with Gasteiger partial charge in [-0.15, -0.1) is 0 Å². The van der Waals surface area contributed by atoms with Crippen LogP contribution in [-0.2, 0) is 0 Å². The highest BCUT2D eigenvalue weighted by Gasteiger charge is 2.11. The molecule has 3 heteroatoms. The largest absolute Gasteiger partial charge is 0.464 e. The van der Waals surface area contributed by atoms with E-state index in [1.807, 2.05) is 19.1 Å². The summed E-state index contributed by atoms with van der Waals surface area (Å²) >= 11 is 5.89. The summed E-state index contributed by atoms with van der Waals surface area (Å²) in [4.78, 5) is 0. The minimum atomic E-state index is 0.0784. The monoisotopic (exact) mass is 210 g/mol. The van der Waals surface area contributed by atoms with Crippen LogP contribution in [0.2, 0.25) is 5.02 Å². The summed E-state index contributed by atoms with van der Waals surface area (Å²) < 4.78 is 5.36. The SMILES string of the molecule is CC(CO)c1coc2ccc(Cl)cc12. The van der Waals surface area contributed by atoms with Crippen LogP contribution < -0.4 is 0 Å². The van der Waals surface area contributed by atoms with Crippen LogP contribution in [0.3, 0.4) is 0 Å². The Bertz CT molecular complexity index is 447. The second-order valence-corrected chi connectivity index (χ2v) is 3.85. The summed E-state index contributed by atoms with van der Waals surface area (Å²) in [5, 5.41) is 10.7. The van der Waals surface area contributed by atoms with Gasteiger partial charge in [0.05, 0.1) is 6.26 Å². The molecule has 0 radical (unpaired) electrons. The van der Waals surface area contributed by atoms with Gasteiger partial charge < -0.3 is 9.52 Å². The zero-order chi connectivity index (χ0) is 10.1. The van der Waals surface area contributed by atoms with E-state index in [9.17, 15) is 0 Å². The van der Waals surface area contributed by atoms with Gasteiger partial charge in [0.15, 0.2) is 0 Å². The minimum absolute atomic E-state index is 0.0784. The van der Waals surface area contributed by atoms with E-state index >= 15 is 0 Å². The molecule has 74 valence electrons. The molecule has 0 amide bonds. The summed E-state index contributed by atoms with van der Waals surface area (Å²) in [6, 6.07) is 5.49. The Kier molecular flexibility index (Phi) is 2.48. The van der Waals surface area contributed by atoms with Gasteiger partial charge in [0.1, 0.15) is 5.58 Å². The average Bonchev–Trinajstić information content (AvgIpc) is 2.59. The molecule has 0 aliphatic rings. The summed E-state index contributed by atoms with van der Waals surface area (Å²) in [5.41, 5.74) is 1.81. The Morgan fingerprint density at radius 2 is 2.29 bits per heavy atom. The van der Waals surface area contributed by atoms with Crippen molar-refractivity contribution in [3.63, 3.8) is 0 Å². The fourth-order valence-electron chi connectivity index (χ4n) is 1.50. The van der Waals surface area contributed by atoms with Crippen LogP contribution >= 0.6 is 11.6 Å². The summed E-state index contributed by atoms with van der Waals surface area (Å²) in [6.07, 6.45) is 1.68. The van der Waals surface area contributed by atoms with E-state index in [-0.39, 0.29) is 12.5 Å². The first kappa shape index (κ1) is 9.56. The second-order valence-electron chi connectivity index (χ2n) is 3.42. The molecule has 2 aromatic rings. The van der Waals surface area contributed by atoms with Gasteiger partial charge in [-0.25, -0.2) is 0 Å². The zero-order valence-electron chi connectivity index (χ0n) is 7.83. The minimum Gasteiger partial charge on any atom is -0.464 e. The fraction of sp³-hybridized carbons (Fsp3) is 0.273. The average molecular weight is 211 g/mol. The van der Waals surface area contributed by atoms with Crippen molar-refractivity contribution in [2.24, 2.45) is 0 Å². The quantitative estimate of drug-likeness (QED) is 0.826. The van der Waals surface area contributed by atoms with Gasteiger partial charge in [-0.05, 0) is 18.2 Å². The first-order valence-electron chi connectivity index (χ1n) is 4.50. The Morgan fingerprint density at radius 1 is 1.50 bits per heavy atom. The number of fused-ring (bicyclic) bond motifs is 1. The third-order valence-electron chi connectivity index (χ3n) is 2.37. The Hall–Kier alpha value is -0.990. The number of halogens is 1. The van der Waals surface area contributed by atoms with Gasteiger partial charge in [-0.3, -0.25) is 0 Å². The molecule has 2 rings (SSSR count). The Morgan fingerprint density at radius 3 is 3.00 bits per heavy atom. The van der Waals surface area contributed by atoms with Crippen LogP contribution in [0.1, 0.15) is 18.4 Å². The maximum Gasteiger partial charge on any atom is 0.134 e. The van der Waals surface area contributed by atoms with E-state index in [2.05, 4.69) is 0 Å². The van der Waals surface area contributed by atoms with Crippen molar-refractivity contribution in [3.05, 3.63) is 35.0 Å². The van der Waals surface area contributed by atoms with E-state index in [0.29, 0.717) is 5.02 Å². The lowest BCUT2D eigenvalue weighted by Crippen LogP contribution is -1.96. The molecule has 1 aromatic heterocycles. The van der Waals surface area contributed by atoms with E-state index in [0.717, 1.165) is 16.5 Å². The molecule has 0 saturated heterocycles. The van der Waals surface area contributed by atoms with Crippen molar-refractivity contribution in [1.82, 2.24) is 0 Å². The van der Waals surface area contributed by atoms with Crippen molar-refractivity contribution < 1.29 is 9.52 Å². The zero-order valence-corrected chi connectivity index (χ0v) is 8.58. The summed E-state index contributed by atoms with van der Waals surface area (Å²) in [7, 11) is 0. The summed E-state index contributed by atoms with van der Waals surface area (Å²) in [5.74, 6) is 0.0784.